The van der Waals surface area contributed by atoms with Crippen molar-refractivity contribution in [2.45, 2.75) is 18.7 Å². The topological polar surface area (TPSA) is 133 Å². The van der Waals surface area contributed by atoms with Crippen LogP contribution in [0.25, 0.3) is 11.3 Å². The minimum absolute atomic E-state index is 0.0195. The van der Waals surface area contributed by atoms with Gasteiger partial charge in [0.15, 0.2) is 18.1 Å². The van der Waals surface area contributed by atoms with Gasteiger partial charge in [0.05, 0.1) is 26.5 Å². The normalized spacial score (nSPS) is 12.8. The van der Waals surface area contributed by atoms with Crippen LogP contribution in [0.4, 0.5) is 17.6 Å². The largest absolute Gasteiger partial charge is 0.494 e. The van der Waals surface area contributed by atoms with E-state index in [1.54, 1.807) is 0 Å². The van der Waals surface area contributed by atoms with Gasteiger partial charge in [0.2, 0.25) is 5.60 Å². The molecule has 0 radical (unpaired) electrons. The molecule has 3 rings (SSSR count). The van der Waals surface area contributed by atoms with E-state index in [0.29, 0.717) is 0 Å². The van der Waals surface area contributed by atoms with Crippen LogP contribution >= 0.6 is 0 Å². The van der Waals surface area contributed by atoms with Crippen molar-refractivity contribution in [2.24, 2.45) is 5.73 Å². The lowest BCUT2D eigenvalue weighted by atomic mass is 9.96. The Morgan fingerprint density at radius 1 is 1.00 bits per heavy atom. The molecule has 39 heavy (non-hydrogen) atoms. The summed E-state index contributed by atoms with van der Waals surface area (Å²) < 4.78 is 71.8. The molecule has 3 aromatic rings. The number of aliphatic hydroxyl groups is 1. The lowest BCUT2D eigenvalue weighted by Gasteiger charge is -2.30. The first-order chi connectivity index (χ1) is 18.3. The van der Waals surface area contributed by atoms with Gasteiger partial charge in [0.1, 0.15) is 17.3 Å². The first kappa shape index (κ1) is 29.2. The van der Waals surface area contributed by atoms with Crippen LogP contribution < -0.4 is 25.3 Å². The number of carbonyl (C=O) groups is 2. The molecule has 13 heteroatoms. The standard InChI is InChI=1S/C26H25F4N3O6/c1-14-10-15(4-6-17(14)27)23-19(37-2)8-9-21(33-23)25(36,26(28,29)30)13-32-24(35)16-5-7-18(20(11-16)38-3)39-12-22(31)34/h4-11,36H,12-13H2,1-3H3,(H2,31,34)(H,32,35). The Balaban J connectivity index is 1.93. The molecule has 0 fully saturated rings. The number of amides is 2. The number of pyridine rings is 1. The maximum Gasteiger partial charge on any atom is 0.424 e. The Hall–Kier alpha value is -4.39. The molecule has 0 aliphatic carbocycles. The summed E-state index contributed by atoms with van der Waals surface area (Å²) in [6.45, 7) is -0.282. The molecule has 2 aromatic carbocycles. The van der Waals surface area contributed by atoms with Gasteiger partial charge in [-0.2, -0.15) is 13.2 Å². The van der Waals surface area contributed by atoms with Crippen molar-refractivity contribution in [3.05, 3.63) is 71.2 Å². The van der Waals surface area contributed by atoms with Crippen molar-refractivity contribution in [1.82, 2.24) is 10.3 Å². The molecule has 0 saturated heterocycles. The summed E-state index contributed by atoms with van der Waals surface area (Å²) in [5, 5.41) is 12.9. The number of nitrogens with zero attached hydrogens (tertiary/aromatic N) is 1. The highest BCUT2D eigenvalue weighted by Gasteiger charge is 2.56. The van der Waals surface area contributed by atoms with E-state index in [1.165, 1.54) is 57.5 Å². The van der Waals surface area contributed by atoms with Crippen molar-refractivity contribution >= 4 is 11.8 Å². The second kappa shape index (κ2) is 11.6. The molecule has 0 bridgehead atoms. The smallest absolute Gasteiger partial charge is 0.424 e. The molecule has 0 aliphatic heterocycles. The van der Waals surface area contributed by atoms with Gasteiger partial charge in [-0.05, 0) is 61.0 Å². The molecule has 1 heterocycles. The lowest BCUT2D eigenvalue weighted by molar-refractivity contribution is -0.265. The van der Waals surface area contributed by atoms with Gasteiger partial charge >= 0.3 is 6.18 Å². The van der Waals surface area contributed by atoms with Crippen LogP contribution in [0.3, 0.4) is 0 Å². The molecule has 4 N–H and O–H groups in total. The number of nitrogens with two attached hydrogens (primary N) is 1. The SMILES string of the molecule is COc1cc(C(=O)NCC(O)(c2ccc(OC)c(-c3ccc(F)c(C)c3)n2)C(F)(F)F)ccc1OCC(N)=O. The van der Waals surface area contributed by atoms with E-state index < -0.39 is 48.3 Å². The van der Waals surface area contributed by atoms with E-state index in [4.69, 9.17) is 19.9 Å². The van der Waals surface area contributed by atoms with Gasteiger partial charge in [-0.3, -0.25) is 9.59 Å². The number of rotatable bonds is 10. The molecule has 0 saturated carbocycles. The summed E-state index contributed by atoms with van der Waals surface area (Å²) in [6, 6.07) is 9.61. The molecule has 2 amide bonds. The van der Waals surface area contributed by atoms with Crippen molar-refractivity contribution in [3.8, 4) is 28.5 Å². The Morgan fingerprint density at radius 2 is 1.67 bits per heavy atom. The van der Waals surface area contributed by atoms with Gasteiger partial charge in [-0.15, -0.1) is 0 Å². The highest BCUT2D eigenvalue weighted by molar-refractivity contribution is 5.95. The Bertz CT molecular complexity index is 1380. The fourth-order valence-corrected chi connectivity index (χ4v) is 3.56. The molecule has 1 atom stereocenters. The number of halogens is 4. The quantitative estimate of drug-likeness (QED) is 0.330. The average Bonchev–Trinajstić information content (AvgIpc) is 2.90. The zero-order valence-electron chi connectivity index (χ0n) is 21.1. The number of hydrogen-bond acceptors (Lipinski definition) is 7. The third-order valence-corrected chi connectivity index (χ3v) is 5.70. The van der Waals surface area contributed by atoms with E-state index in [0.717, 1.165) is 12.1 Å². The molecule has 0 aliphatic rings. The highest BCUT2D eigenvalue weighted by Crippen LogP contribution is 2.40. The molecular weight excluding hydrogens is 526 g/mol. The number of methoxy groups -OCH3 is 2. The van der Waals surface area contributed by atoms with Gasteiger partial charge in [-0.25, -0.2) is 9.37 Å². The third kappa shape index (κ3) is 6.37. The van der Waals surface area contributed by atoms with Crippen molar-refractivity contribution < 1.29 is 46.5 Å². The molecule has 0 spiro atoms. The highest BCUT2D eigenvalue weighted by atomic mass is 19.4. The number of nitrogens with one attached hydrogen (secondary N) is 1. The minimum atomic E-state index is -5.26. The minimum Gasteiger partial charge on any atom is -0.494 e. The van der Waals surface area contributed by atoms with Gasteiger partial charge in [0.25, 0.3) is 11.8 Å². The molecule has 1 aromatic heterocycles. The Labute approximate surface area is 220 Å². The lowest BCUT2D eigenvalue weighted by Crippen LogP contribution is -2.51. The fraction of sp³-hybridized carbons (Fsp3) is 0.269. The Kier molecular flexibility index (Phi) is 8.64. The number of ether oxygens (including phenoxy) is 3. The predicted molar refractivity (Wildman–Crippen MR) is 131 cm³/mol. The Morgan fingerprint density at radius 3 is 2.26 bits per heavy atom. The summed E-state index contributed by atoms with van der Waals surface area (Å²) in [5.74, 6) is -2.07. The summed E-state index contributed by atoms with van der Waals surface area (Å²) in [7, 11) is 2.54. The van der Waals surface area contributed by atoms with Crippen LogP contribution in [0.15, 0.2) is 48.5 Å². The second-order valence-corrected chi connectivity index (χ2v) is 8.37. The zero-order valence-corrected chi connectivity index (χ0v) is 21.1. The second-order valence-electron chi connectivity index (χ2n) is 8.37. The summed E-state index contributed by atoms with van der Waals surface area (Å²) in [6.07, 6.45) is -5.26. The fourth-order valence-electron chi connectivity index (χ4n) is 3.56. The van der Waals surface area contributed by atoms with Crippen LogP contribution in [0.5, 0.6) is 17.2 Å². The predicted octanol–water partition coefficient (Wildman–Crippen LogP) is 3.26. The maximum absolute atomic E-state index is 14.2. The monoisotopic (exact) mass is 551 g/mol. The number of carbonyl (C=O) groups excluding carboxylic acids is 2. The number of alkyl halides is 3. The van der Waals surface area contributed by atoms with E-state index >= 15 is 0 Å². The summed E-state index contributed by atoms with van der Waals surface area (Å²) in [5.41, 5.74) is 0.906. The number of hydrogen-bond donors (Lipinski definition) is 3. The van der Waals surface area contributed by atoms with Gasteiger partial charge in [0, 0.05) is 11.1 Å². The first-order valence-corrected chi connectivity index (χ1v) is 11.3. The van der Waals surface area contributed by atoms with Crippen molar-refractivity contribution in [1.29, 1.82) is 0 Å². The maximum atomic E-state index is 14.2. The van der Waals surface area contributed by atoms with Crippen LogP contribution in [0, 0.1) is 12.7 Å². The molecular formula is C26H25F4N3O6. The molecule has 208 valence electrons. The zero-order chi connectivity index (χ0) is 29.0. The van der Waals surface area contributed by atoms with E-state index in [1.807, 2.05) is 0 Å². The molecule has 1 unspecified atom stereocenters. The van der Waals surface area contributed by atoms with E-state index in [2.05, 4.69) is 10.3 Å². The summed E-state index contributed by atoms with van der Waals surface area (Å²) in [4.78, 5) is 27.7. The van der Waals surface area contributed by atoms with Gasteiger partial charge < -0.3 is 30.4 Å². The third-order valence-electron chi connectivity index (χ3n) is 5.70. The number of primary amides is 1. The van der Waals surface area contributed by atoms with Crippen LogP contribution in [-0.2, 0) is 10.4 Å². The van der Waals surface area contributed by atoms with Crippen molar-refractivity contribution in [2.75, 3.05) is 27.4 Å². The summed E-state index contributed by atoms with van der Waals surface area (Å²) >= 11 is 0. The number of aromatic nitrogens is 1. The van der Waals surface area contributed by atoms with Crippen LogP contribution in [0.2, 0.25) is 0 Å². The van der Waals surface area contributed by atoms with Crippen LogP contribution in [0.1, 0.15) is 21.6 Å². The number of aryl methyl sites for hydroxylation is 1. The average molecular weight is 551 g/mol. The van der Waals surface area contributed by atoms with E-state index in [9.17, 15) is 32.3 Å². The van der Waals surface area contributed by atoms with Crippen LogP contribution in [-0.4, -0.2) is 55.5 Å². The van der Waals surface area contributed by atoms with E-state index in [-0.39, 0.29) is 39.6 Å². The number of benzene rings is 2. The van der Waals surface area contributed by atoms with Crippen molar-refractivity contribution in [3.63, 3.8) is 0 Å². The van der Waals surface area contributed by atoms with Gasteiger partial charge in [-0.1, -0.05) is 0 Å². The molecule has 9 nitrogen and oxygen atoms in total. The first-order valence-electron chi connectivity index (χ1n) is 11.3.